The van der Waals surface area contributed by atoms with Gasteiger partial charge in [0, 0.05) is 6.61 Å². The van der Waals surface area contributed by atoms with Gasteiger partial charge in [-0.25, -0.2) is 23.8 Å². The van der Waals surface area contributed by atoms with Crippen molar-refractivity contribution in [2.24, 2.45) is 0 Å². The molecule has 13 nitrogen and oxygen atoms in total. The van der Waals surface area contributed by atoms with Gasteiger partial charge in [-0.05, 0) is 18.6 Å². The lowest BCUT2D eigenvalue weighted by molar-refractivity contribution is 0.0625. The minimum absolute atomic E-state index is 0.0339. The van der Waals surface area contributed by atoms with Crippen molar-refractivity contribution in [1.29, 1.82) is 5.26 Å². The van der Waals surface area contributed by atoms with Crippen molar-refractivity contribution in [3.8, 4) is 17.6 Å². The van der Waals surface area contributed by atoms with E-state index in [4.69, 9.17) is 14.6 Å². The molecule has 1 fully saturated rings. The lowest BCUT2D eigenvalue weighted by atomic mass is 10.0. The second kappa shape index (κ2) is 9.96. The van der Waals surface area contributed by atoms with E-state index in [-0.39, 0.29) is 23.8 Å². The highest BCUT2D eigenvalue weighted by molar-refractivity contribution is 5.67. The summed E-state index contributed by atoms with van der Waals surface area (Å²) in [5, 5.41) is 34.5. The van der Waals surface area contributed by atoms with Gasteiger partial charge in [-0.2, -0.15) is 5.26 Å². The van der Waals surface area contributed by atoms with Crippen molar-refractivity contribution in [2.45, 2.75) is 18.5 Å². The first kappa shape index (κ1) is 22.7. The van der Waals surface area contributed by atoms with Crippen molar-refractivity contribution in [3.63, 3.8) is 0 Å². The Morgan fingerprint density at radius 2 is 2.24 bits per heavy atom. The van der Waals surface area contributed by atoms with E-state index in [1.54, 1.807) is 12.3 Å². The molecule has 1 saturated heterocycles. The maximum Gasteiger partial charge on any atom is 0.405 e. The van der Waals surface area contributed by atoms with E-state index in [1.165, 1.54) is 24.2 Å². The number of rotatable bonds is 7. The number of ether oxygens (including phenoxy) is 2. The average Bonchev–Trinajstić information content (AvgIpc) is 3.36. The van der Waals surface area contributed by atoms with Crippen molar-refractivity contribution in [1.82, 2.24) is 30.3 Å². The van der Waals surface area contributed by atoms with Crippen LogP contribution in [0.2, 0.25) is 0 Å². The second-order valence-corrected chi connectivity index (χ2v) is 7.22. The molecule has 1 amide bonds. The van der Waals surface area contributed by atoms with Gasteiger partial charge in [-0.15, -0.1) is 5.10 Å². The molecule has 4 rings (SSSR count). The summed E-state index contributed by atoms with van der Waals surface area (Å²) in [6, 6.07) is 3.55. The van der Waals surface area contributed by atoms with Crippen molar-refractivity contribution >= 4 is 23.4 Å². The Morgan fingerprint density at radius 1 is 1.38 bits per heavy atom. The molecular weight excluding hydrogens is 449 g/mol. The van der Waals surface area contributed by atoms with Gasteiger partial charge in [0.25, 0.3) is 0 Å². The van der Waals surface area contributed by atoms with Gasteiger partial charge in [-0.3, -0.25) is 0 Å². The molecule has 0 radical (unpaired) electrons. The molecule has 0 bridgehead atoms. The summed E-state index contributed by atoms with van der Waals surface area (Å²) in [6.45, 7) is 0.511. The highest BCUT2D eigenvalue weighted by atomic mass is 19.1. The Labute approximate surface area is 192 Å². The van der Waals surface area contributed by atoms with Crippen LogP contribution in [0.15, 0.2) is 30.7 Å². The first-order valence-corrected chi connectivity index (χ1v) is 10.1. The van der Waals surface area contributed by atoms with E-state index in [9.17, 15) is 14.4 Å². The number of carboxylic acid groups (broad SMARTS) is 1. The topological polar surface area (TPSA) is 172 Å². The molecule has 2 atom stereocenters. The van der Waals surface area contributed by atoms with Gasteiger partial charge in [0.05, 0.1) is 55.6 Å². The standard InChI is InChI=1S/C20H20FN9O4/c1-33-19-16(30-4-3-24-29-30)7-12(9-23-19)25-17-11(8-22)6-13(21)18(28-17)26-14-2-5-34-10-15(14)27-20(31)32/h3-4,6-7,9,14-15,27H,2,5,10H2,1H3,(H,31,32)(H2,25,26,28)/t14-,15+/m1/s1. The highest BCUT2D eigenvalue weighted by Gasteiger charge is 2.28. The molecule has 3 aromatic rings. The molecule has 4 N–H and O–H groups in total. The van der Waals surface area contributed by atoms with Crippen LogP contribution < -0.4 is 20.7 Å². The highest BCUT2D eigenvalue weighted by Crippen LogP contribution is 2.28. The first-order chi connectivity index (χ1) is 16.5. The molecule has 14 heteroatoms. The minimum atomic E-state index is -1.21. The van der Waals surface area contributed by atoms with E-state index in [0.29, 0.717) is 30.3 Å². The summed E-state index contributed by atoms with van der Waals surface area (Å²) in [7, 11) is 1.46. The molecule has 0 unspecified atom stereocenters. The van der Waals surface area contributed by atoms with E-state index >= 15 is 0 Å². The Balaban J connectivity index is 1.63. The van der Waals surface area contributed by atoms with Crippen molar-refractivity contribution < 1.29 is 23.8 Å². The van der Waals surface area contributed by atoms with Crippen LogP contribution >= 0.6 is 0 Å². The van der Waals surface area contributed by atoms with Crippen LogP contribution in [0.25, 0.3) is 5.69 Å². The molecule has 0 spiro atoms. The van der Waals surface area contributed by atoms with Crippen LogP contribution in [-0.2, 0) is 4.74 Å². The normalized spacial score (nSPS) is 17.4. The number of anilines is 3. The molecular formula is C20H20FN9O4. The molecule has 4 heterocycles. The lowest BCUT2D eigenvalue weighted by Gasteiger charge is -2.32. The van der Waals surface area contributed by atoms with Gasteiger partial charge in [0.1, 0.15) is 11.8 Å². The van der Waals surface area contributed by atoms with Gasteiger partial charge in [0.15, 0.2) is 17.5 Å². The number of aromatic nitrogens is 5. The van der Waals surface area contributed by atoms with Crippen LogP contribution in [-0.4, -0.2) is 68.6 Å². The molecule has 3 aromatic heterocycles. The number of nitriles is 1. The molecule has 0 aliphatic carbocycles. The predicted octanol–water partition coefficient (Wildman–Crippen LogP) is 1.66. The second-order valence-electron chi connectivity index (χ2n) is 7.22. The Hall–Kier alpha value is -4.51. The fourth-order valence-electron chi connectivity index (χ4n) is 3.46. The summed E-state index contributed by atoms with van der Waals surface area (Å²) >= 11 is 0. The first-order valence-electron chi connectivity index (χ1n) is 10.1. The number of hydrogen-bond acceptors (Lipinski definition) is 10. The zero-order valence-electron chi connectivity index (χ0n) is 17.9. The van der Waals surface area contributed by atoms with E-state index in [1.807, 2.05) is 6.07 Å². The van der Waals surface area contributed by atoms with Crippen molar-refractivity contribution in [3.05, 3.63) is 42.1 Å². The van der Waals surface area contributed by atoms with Crippen LogP contribution in [0.4, 0.5) is 26.5 Å². The van der Waals surface area contributed by atoms with Crippen molar-refractivity contribution in [2.75, 3.05) is 31.0 Å². The number of halogens is 1. The third-order valence-electron chi connectivity index (χ3n) is 5.04. The van der Waals surface area contributed by atoms with E-state index < -0.39 is 24.0 Å². The molecule has 0 aromatic carbocycles. The molecule has 176 valence electrons. The van der Waals surface area contributed by atoms with Crippen LogP contribution in [0.5, 0.6) is 5.88 Å². The number of pyridine rings is 2. The van der Waals surface area contributed by atoms with E-state index in [0.717, 1.165) is 6.07 Å². The molecule has 0 saturated carbocycles. The van der Waals surface area contributed by atoms with Crippen LogP contribution in [0.3, 0.4) is 0 Å². The third kappa shape index (κ3) is 4.94. The van der Waals surface area contributed by atoms with E-state index in [2.05, 4.69) is 36.2 Å². The average molecular weight is 469 g/mol. The lowest BCUT2D eigenvalue weighted by Crippen LogP contribution is -2.52. The van der Waals surface area contributed by atoms with Gasteiger partial charge < -0.3 is 30.5 Å². The molecule has 34 heavy (non-hydrogen) atoms. The summed E-state index contributed by atoms with van der Waals surface area (Å²) in [4.78, 5) is 19.6. The van der Waals surface area contributed by atoms with Gasteiger partial charge >= 0.3 is 6.09 Å². The van der Waals surface area contributed by atoms with Crippen LogP contribution in [0.1, 0.15) is 12.0 Å². The zero-order chi connectivity index (χ0) is 24.1. The summed E-state index contributed by atoms with van der Waals surface area (Å²) in [5.41, 5.74) is 0.881. The smallest absolute Gasteiger partial charge is 0.405 e. The summed E-state index contributed by atoms with van der Waals surface area (Å²) in [6.07, 6.45) is 3.78. The molecule has 1 aliphatic rings. The zero-order valence-corrected chi connectivity index (χ0v) is 17.9. The largest absolute Gasteiger partial charge is 0.479 e. The Bertz CT molecular complexity index is 1220. The number of nitrogens with zero attached hydrogens (tertiary/aromatic N) is 6. The third-order valence-corrected chi connectivity index (χ3v) is 5.04. The van der Waals surface area contributed by atoms with Crippen LogP contribution in [0, 0.1) is 17.1 Å². The molecule has 1 aliphatic heterocycles. The summed E-state index contributed by atoms with van der Waals surface area (Å²) in [5.74, 6) is -0.512. The fraction of sp³-hybridized carbons (Fsp3) is 0.300. The predicted molar refractivity (Wildman–Crippen MR) is 116 cm³/mol. The monoisotopic (exact) mass is 469 g/mol. The number of nitrogens with one attached hydrogen (secondary N) is 3. The summed E-state index contributed by atoms with van der Waals surface area (Å²) < 4.78 is 26.8. The maximum atomic E-state index is 14.7. The minimum Gasteiger partial charge on any atom is -0.479 e. The van der Waals surface area contributed by atoms with Gasteiger partial charge in [-0.1, -0.05) is 5.21 Å². The number of hydrogen-bond donors (Lipinski definition) is 4. The van der Waals surface area contributed by atoms with Gasteiger partial charge in [0.2, 0.25) is 5.88 Å². The number of methoxy groups -OCH3 is 1. The number of amides is 1. The number of carbonyl (C=O) groups is 1. The Morgan fingerprint density at radius 3 is 2.94 bits per heavy atom. The fourth-order valence-corrected chi connectivity index (χ4v) is 3.46. The SMILES string of the molecule is COc1ncc(Nc2nc(N[C@@H]3CCOC[C@@H]3NC(=O)O)c(F)cc2C#N)cc1-n1ccnn1. The maximum absolute atomic E-state index is 14.7. The Kier molecular flexibility index (Phi) is 6.64. The quantitative estimate of drug-likeness (QED) is 0.396.